The topological polar surface area (TPSA) is 79.8 Å². The molecule has 2 aliphatic heterocycles. The number of aromatic nitrogens is 2. The Hall–Kier alpha value is -3.07. The van der Waals surface area contributed by atoms with E-state index < -0.39 is 0 Å². The summed E-state index contributed by atoms with van der Waals surface area (Å²) in [5, 5.41) is 3.76. The lowest BCUT2D eigenvalue weighted by Gasteiger charge is -2.34. The molecule has 2 amide bonds. The van der Waals surface area contributed by atoms with Crippen LogP contribution in [0.4, 0.5) is 16.3 Å². The number of urea groups is 1. The number of ether oxygens (including phenoxy) is 2. The Morgan fingerprint density at radius 3 is 2.67 bits per heavy atom. The average molecular weight is 528 g/mol. The van der Waals surface area contributed by atoms with E-state index in [1.807, 2.05) is 24.3 Å². The molecule has 0 bridgehead atoms. The fraction of sp³-hybridized carbons (Fsp3) is 0.346. The lowest BCUT2D eigenvalue weighted by Crippen LogP contribution is -2.42. The van der Waals surface area contributed by atoms with E-state index >= 15 is 0 Å². The Balaban J connectivity index is 1.42. The molecule has 0 aliphatic carbocycles. The molecule has 0 saturated carbocycles. The molecule has 1 saturated heterocycles. The Labute approximate surface area is 220 Å². The van der Waals surface area contributed by atoms with E-state index in [0.717, 1.165) is 47.3 Å². The number of hydrogen-bond donors (Lipinski definition) is 1. The number of rotatable bonds is 5. The molecule has 1 aromatic heterocycles. The molecule has 2 aliphatic rings. The molecule has 1 N–H and O–H groups in total. The minimum absolute atomic E-state index is 0.204. The first-order chi connectivity index (χ1) is 17.5. The minimum Gasteiger partial charge on any atom is -0.496 e. The summed E-state index contributed by atoms with van der Waals surface area (Å²) in [6, 6.07) is 12.8. The molecule has 10 heteroatoms. The number of halogens is 2. The van der Waals surface area contributed by atoms with Crippen LogP contribution in [0.2, 0.25) is 10.0 Å². The van der Waals surface area contributed by atoms with Crippen LogP contribution in [0.15, 0.2) is 42.5 Å². The molecule has 0 unspecified atom stereocenters. The molecule has 2 aromatic carbocycles. The van der Waals surface area contributed by atoms with Gasteiger partial charge in [-0.2, -0.15) is 0 Å². The molecule has 36 heavy (non-hydrogen) atoms. The maximum atomic E-state index is 13.1. The first kappa shape index (κ1) is 24.6. The molecule has 188 valence electrons. The number of amides is 2. The van der Waals surface area contributed by atoms with Crippen molar-refractivity contribution in [2.45, 2.75) is 19.4 Å². The maximum Gasteiger partial charge on any atom is 0.322 e. The molecule has 3 aromatic rings. The highest BCUT2D eigenvalue weighted by molar-refractivity contribution is 6.42. The second-order valence-corrected chi connectivity index (χ2v) is 9.52. The zero-order valence-corrected chi connectivity index (χ0v) is 21.5. The summed E-state index contributed by atoms with van der Waals surface area (Å²) in [6.45, 7) is 3.74. The van der Waals surface area contributed by atoms with Crippen molar-refractivity contribution in [3.8, 4) is 5.75 Å². The number of benzene rings is 2. The SMILES string of the molecule is COc1ccccc1Cc1nc2c(c(N3CCOCC3)n1)CN(C(=O)Nc1ccc(Cl)c(Cl)c1)CC2. The smallest absolute Gasteiger partial charge is 0.322 e. The lowest BCUT2D eigenvalue weighted by molar-refractivity contribution is 0.122. The van der Waals surface area contributed by atoms with Gasteiger partial charge in [0, 0.05) is 49.3 Å². The van der Waals surface area contributed by atoms with Crippen LogP contribution in [-0.2, 0) is 24.1 Å². The number of anilines is 2. The van der Waals surface area contributed by atoms with Gasteiger partial charge in [0.2, 0.25) is 0 Å². The van der Waals surface area contributed by atoms with Crippen LogP contribution in [0, 0.1) is 0 Å². The summed E-state index contributed by atoms with van der Waals surface area (Å²) in [5.41, 5.74) is 3.59. The van der Waals surface area contributed by atoms with Crippen molar-refractivity contribution in [3.05, 3.63) is 75.2 Å². The maximum absolute atomic E-state index is 13.1. The van der Waals surface area contributed by atoms with Gasteiger partial charge in [-0.25, -0.2) is 14.8 Å². The Morgan fingerprint density at radius 1 is 1.08 bits per heavy atom. The Bertz CT molecular complexity index is 1270. The summed E-state index contributed by atoms with van der Waals surface area (Å²) in [5.74, 6) is 2.44. The predicted molar refractivity (Wildman–Crippen MR) is 140 cm³/mol. The van der Waals surface area contributed by atoms with Crippen LogP contribution in [0.1, 0.15) is 22.6 Å². The highest BCUT2D eigenvalue weighted by atomic mass is 35.5. The number of nitrogens with zero attached hydrogens (tertiary/aromatic N) is 4. The van der Waals surface area contributed by atoms with Crippen molar-refractivity contribution in [2.75, 3.05) is 50.2 Å². The molecule has 0 atom stereocenters. The Kier molecular flexibility index (Phi) is 7.46. The number of nitrogens with one attached hydrogen (secondary N) is 1. The van der Waals surface area contributed by atoms with Gasteiger partial charge in [0.1, 0.15) is 17.4 Å². The predicted octanol–water partition coefficient (Wildman–Crippen LogP) is 4.81. The number of fused-ring (bicyclic) bond motifs is 1. The number of methoxy groups -OCH3 is 1. The van der Waals surface area contributed by atoms with Crippen molar-refractivity contribution < 1.29 is 14.3 Å². The van der Waals surface area contributed by atoms with Crippen LogP contribution in [0.25, 0.3) is 0 Å². The van der Waals surface area contributed by atoms with E-state index in [1.165, 1.54) is 0 Å². The number of hydrogen-bond acceptors (Lipinski definition) is 6. The summed E-state index contributed by atoms with van der Waals surface area (Å²) >= 11 is 12.1. The standard InChI is InChI=1S/C26H27Cl2N5O3/c1-35-23-5-3-2-4-17(23)14-24-30-22-8-9-33(26(34)29-18-6-7-20(27)21(28)15-18)16-19(22)25(31-24)32-10-12-36-13-11-32/h2-7,15H,8-14,16H2,1H3,(H,29,34). The van der Waals surface area contributed by atoms with Gasteiger partial charge in [0.05, 0.1) is 42.6 Å². The van der Waals surface area contributed by atoms with Crippen molar-refractivity contribution >= 4 is 40.7 Å². The van der Waals surface area contributed by atoms with E-state index in [9.17, 15) is 4.79 Å². The van der Waals surface area contributed by atoms with E-state index in [2.05, 4.69) is 10.2 Å². The number of carbonyl (C=O) groups excluding carboxylic acids is 1. The van der Waals surface area contributed by atoms with Crippen molar-refractivity contribution in [1.82, 2.24) is 14.9 Å². The van der Waals surface area contributed by atoms with E-state index in [1.54, 1.807) is 30.2 Å². The number of para-hydroxylation sites is 1. The second-order valence-electron chi connectivity index (χ2n) is 8.71. The van der Waals surface area contributed by atoms with Gasteiger partial charge in [-0.05, 0) is 24.3 Å². The van der Waals surface area contributed by atoms with Gasteiger partial charge < -0.3 is 24.6 Å². The van der Waals surface area contributed by atoms with Crippen LogP contribution < -0.4 is 15.0 Å². The largest absolute Gasteiger partial charge is 0.496 e. The minimum atomic E-state index is -0.204. The molecule has 1 fully saturated rings. The van der Waals surface area contributed by atoms with Crippen LogP contribution in [-0.4, -0.2) is 60.9 Å². The van der Waals surface area contributed by atoms with Gasteiger partial charge in [0.15, 0.2) is 0 Å². The van der Waals surface area contributed by atoms with Gasteiger partial charge in [-0.3, -0.25) is 0 Å². The summed E-state index contributed by atoms with van der Waals surface area (Å²) in [7, 11) is 1.67. The third-order valence-corrected chi connectivity index (χ3v) is 7.13. The Morgan fingerprint density at radius 2 is 1.89 bits per heavy atom. The lowest BCUT2D eigenvalue weighted by atomic mass is 10.0. The first-order valence-electron chi connectivity index (χ1n) is 11.9. The van der Waals surface area contributed by atoms with Gasteiger partial charge in [-0.1, -0.05) is 41.4 Å². The molecule has 5 rings (SSSR count). The average Bonchev–Trinajstić information content (AvgIpc) is 2.91. The van der Waals surface area contributed by atoms with Gasteiger partial charge >= 0.3 is 6.03 Å². The first-order valence-corrected chi connectivity index (χ1v) is 12.6. The fourth-order valence-corrected chi connectivity index (χ4v) is 4.83. The monoisotopic (exact) mass is 527 g/mol. The normalized spacial score (nSPS) is 15.4. The van der Waals surface area contributed by atoms with Gasteiger partial charge in [0.25, 0.3) is 0 Å². The number of morpholine rings is 1. The molecular formula is C26H27Cl2N5O3. The summed E-state index contributed by atoms with van der Waals surface area (Å²) in [4.78, 5) is 27.0. The molecular weight excluding hydrogens is 501 g/mol. The molecule has 8 nitrogen and oxygen atoms in total. The molecule has 0 spiro atoms. The van der Waals surface area contributed by atoms with E-state index in [-0.39, 0.29) is 6.03 Å². The fourth-order valence-electron chi connectivity index (χ4n) is 4.53. The highest BCUT2D eigenvalue weighted by Crippen LogP contribution is 2.30. The zero-order valence-electron chi connectivity index (χ0n) is 20.0. The van der Waals surface area contributed by atoms with Crippen molar-refractivity contribution in [3.63, 3.8) is 0 Å². The number of carbonyl (C=O) groups is 1. The zero-order chi connectivity index (χ0) is 25.1. The van der Waals surface area contributed by atoms with Crippen LogP contribution in [0.3, 0.4) is 0 Å². The van der Waals surface area contributed by atoms with Gasteiger partial charge in [-0.15, -0.1) is 0 Å². The highest BCUT2D eigenvalue weighted by Gasteiger charge is 2.28. The third kappa shape index (κ3) is 5.36. The second kappa shape index (κ2) is 10.9. The quantitative estimate of drug-likeness (QED) is 0.512. The van der Waals surface area contributed by atoms with Crippen LogP contribution in [0.5, 0.6) is 5.75 Å². The third-order valence-electron chi connectivity index (χ3n) is 6.39. The molecule has 3 heterocycles. The van der Waals surface area contributed by atoms with Crippen LogP contribution >= 0.6 is 23.2 Å². The summed E-state index contributed by atoms with van der Waals surface area (Å²) in [6.07, 6.45) is 1.21. The van der Waals surface area contributed by atoms with E-state index in [0.29, 0.717) is 54.9 Å². The van der Waals surface area contributed by atoms with Crippen molar-refractivity contribution in [2.24, 2.45) is 0 Å². The van der Waals surface area contributed by atoms with Crippen molar-refractivity contribution in [1.29, 1.82) is 0 Å². The van der Waals surface area contributed by atoms with E-state index in [4.69, 9.17) is 42.6 Å². The molecule has 0 radical (unpaired) electrons. The summed E-state index contributed by atoms with van der Waals surface area (Å²) < 4.78 is 11.1.